The minimum Gasteiger partial charge on any atom is -0.324 e. The molecule has 3 heteroatoms. The molecule has 0 saturated heterocycles. The normalized spacial score (nSPS) is 18.5. The van der Waals surface area contributed by atoms with Gasteiger partial charge in [-0.25, -0.2) is 0 Å². The van der Waals surface area contributed by atoms with Gasteiger partial charge in [0.15, 0.2) is 0 Å². The average molecular weight is 249 g/mol. The van der Waals surface area contributed by atoms with Gasteiger partial charge in [-0.2, -0.15) is 0 Å². The molecule has 0 fully saturated rings. The number of nitrogens with one attached hydrogen (secondary N) is 1. The number of amides is 1. The zero-order valence-electron chi connectivity index (χ0n) is 11.0. The smallest absolute Gasteiger partial charge is 0.240 e. The van der Waals surface area contributed by atoms with E-state index in [1.165, 1.54) is 10.5 Å². The van der Waals surface area contributed by atoms with Crippen LogP contribution in [0.25, 0.3) is 0 Å². The first-order chi connectivity index (χ1) is 7.70. The Morgan fingerprint density at radius 1 is 1.24 bits per heavy atom. The number of anilines is 1. The summed E-state index contributed by atoms with van der Waals surface area (Å²) in [6.07, 6.45) is 0. The lowest BCUT2D eigenvalue weighted by Crippen LogP contribution is -2.37. The summed E-state index contributed by atoms with van der Waals surface area (Å²) in [6, 6.07) is 6.30. The Bertz CT molecular complexity index is 472. The van der Waals surface area contributed by atoms with Crippen molar-refractivity contribution >= 4 is 23.4 Å². The van der Waals surface area contributed by atoms with Crippen LogP contribution in [-0.2, 0) is 10.2 Å². The van der Waals surface area contributed by atoms with Gasteiger partial charge in [0, 0.05) is 4.90 Å². The van der Waals surface area contributed by atoms with Crippen molar-refractivity contribution in [2.24, 2.45) is 0 Å². The molecule has 17 heavy (non-hydrogen) atoms. The third kappa shape index (κ3) is 2.34. The Hall–Kier alpha value is -0.960. The van der Waals surface area contributed by atoms with Gasteiger partial charge >= 0.3 is 0 Å². The molecule has 0 atom stereocenters. The van der Waals surface area contributed by atoms with E-state index in [-0.39, 0.29) is 16.1 Å². The van der Waals surface area contributed by atoms with Crippen molar-refractivity contribution in [1.82, 2.24) is 0 Å². The van der Waals surface area contributed by atoms with Crippen molar-refractivity contribution in [3.63, 3.8) is 0 Å². The number of thioether (sulfide) groups is 1. The zero-order chi connectivity index (χ0) is 12.8. The molecule has 92 valence electrons. The van der Waals surface area contributed by atoms with Crippen LogP contribution >= 0.6 is 11.8 Å². The molecule has 0 aromatic heterocycles. The predicted molar refractivity (Wildman–Crippen MR) is 73.7 cm³/mol. The molecule has 1 aromatic carbocycles. The molecule has 0 spiro atoms. The van der Waals surface area contributed by atoms with Gasteiger partial charge in [-0.05, 0) is 37.0 Å². The fraction of sp³-hybridized carbons (Fsp3) is 0.500. The van der Waals surface area contributed by atoms with Gasteiger partial charge in [0.2, 0.25) is 5.91 Å². The number of carbonyl (C=O) groups is 1. The summed E-state index contributed by atoms with van der Waals surface area (Å²) < 4.78 is -0.385. The lowest BCUT2D eigenvalue weighted by Gasteiger charge is -2.31. The minimum absolute atomic E-state index is 0.0820. The maximum Gasteiger partial charge on any atom is 0.240 e. The van der Waals surface area contributed by atoms with Crippen LogP contribution in [0.5, 0.6) is 0 Å². The van der Waals surface area contributed by atoms with Crippen molar-refractivity contribution in [3.8, 4) is 0 Å². The lowest BCUT2D eigenvalue weighted by molar-refractivity contribution is -0.117. The molecule has 1 aliphatic rings. The highest BCUT2D eigenvalue weighted by Crippen LogP contribution is 2.43. The van der Waals surface area contributed by atoms with E-state index in [2.05, 4.69) is 38.2 Å². The number of hydrogen-bond donors (Lipinski definition) is 1. The Labute approximate surface area is 107 Å². The molecule has 0 bridgehead atoms. The van der Waals surface area contributed by atoms with E-state index in [9.17, 15) is 4.79 Å². The molecule has 0 aliphatic carbocycles. The molecule has 1 aliphatic heterocycles. The van der Waals surface area contributed by atoms with Crippen LogP contribution in [0, 0.1) is 0 Å². The van der Waals surface area contributed by atoms with E-state index >= 15 is 0 Å². The highest BCUT2D eigenvalue weighted by atomic mass is 32.2. The van der Waals surface area contributed by atoms with E-state index in [4.69, 9.17) is 0 Å². The van der Waals surface area contributed by atoms with Crippen LogP contribution in [0.2, 0.25) is 0 Å². The molecule has 1 aromatic rings. The number of fused-ring (bicyclic) bond motifs is 1. The number of rotatable bonds is 0. The van der Waals surface area contributed by atoms with Crippen molar-refractivity contribution < 1.29 is 4.79 Å². The standard InChI is InChI=1S/C14H19NOS/c1-13(2,3)9-6-7-10-11(8-9)17-14(4,5)12(16)15-10/h6-8H,1-5H3,(H,15,16). The second-order valence-corrected chi connectivity index (χ2v) is 7.69. The van der Waals surface area contributed by atoms with Crippen LogP contribution in [0.4, 0.5) is 5.69 Å². The summed E-state index contributed by atoms with van der Waals surface area (Å²) in [7, 11) is 0. The first kappa shape index (κ1) is 12.5. The van der Waals surface area contributed by atoms with Crippen molar-refractivity contribution in [1.29, 1.82) is 0 Å². The topological polar surface area (TPSA) is 29.1 Å². The maximum absolute atomic E-state index is 11.8. The van der Waals surface area contributed by atoms with Crippen molar-refractivity contribution in [3.05, 3.63) is 23.8 Å². The largest absolute Gasteiger partial charge is 0.324 e. The Balaban J connectivity index is 2.45. The molecular weight excluding hydrogens is 230 g/mol. The minimum atomic E-state index is -0.385. The number of carbonyl (C=O) groups excluding carboxylic acids is 1. The van der Waals surface area contributed by atoms with E-state index in [1.807, 2.05) is 19.9 Å². The van der Waals surface area contributed by atoms with Gasteiger partial charge < -0.3 is 5.32 Å². The van der Waals surface area contributed by atoms with Gasteiger partial charge in [0.05, 0.1) is 10.4 Å². The van der Waals surface area contributed by atoms with Gasteiger partial charge in [0.1, 0.15) is 0 Å². The summed E-state index contributed by atoms with van der Waals surface area (Å²) in [5, 5.41) is 2.97. The summed E-state index contributed by atoms with van der Waals surface area (Å²) in [6.45, 7) is 10.5. The average Bonchev–Trinajstić information content (AvgIpc) is 2.17. The first-order valence-electron chi connectivity index (χ1n) is 5.85. The Kier molecular flexibility index (Phi) is 2.77. The monoisotopic (exact) mass is 249 g/mol. The third-order valence-electron chi connectivity index (χ3n) is 3.01. The van der Waals surface area contributed by atoms with Crippen molar-refractivity contribution in [2.75, 3.05) is 5.32 Å². The molecule has 0 saturated carbocycles. The maximum atomic E-state index is 11.8. The summed E-state index contributed by atoms with van der Waals surface area (Å²) in [5.41, 5.74) is 2.38. The van der Waals surface area contributed by atoms with E-state index in [0.717, 1.165) is 5.69 Å². The zero-order valence-corrected chi connectivity index (χ0v) is 11.9. The second kappa shape index (κ2) is 3.77. The molecule has 0 radical (unpaired) electrons. The number of benzene rings is 1. The summed E-state index contributed by atoms with van der Waals surface area (Å²) in [5.74, 6) is 0.0820. The quantitative estimate of drug-likeness (QED) is 0.757. The van der Waals surface area contributed by atoms with Crippen LogP contribution < -0.4 is 5.32 Å². The first-order valence-corrected chi connectivity index (χ1v) is 6.67. The van der Waals surface area contributed by atoms with Crippen LogP contribution in [0.15, 0.2) is 23.1 Å². The molecule has 1 N–H and O–H groups in total. The van der Waals surface area contributed by atoms with Crippen LogP contribution in [-0.4, -0.2) is 10.7 Å². The third-order valence-corrected chi connectivity index (χ3v) is 4.26. The lowest BCUT2D eigenvalue weighted by atomic mass is 9.87. The molecule has 2 nitrogen and oxygen atoms in total. The Morgan fingerprint density at radius 3 is 2.47 bits per heavy atom. The summed E-state index contributed by atoms with van der Waals surface area (Å²) >= 11 is 1.64. The fourth-order valence-corrected chi connectivity index (χ4v) is 2.88. The highest BCUT2D eigenvalue weighted by molar-refractivity contribution is 8.01. The van der Waals surface area contributed by atoms with Crippen LogP contribution in [0.1, 0.15) is 40.2 Å². The van der Waals surface area contributed by atoms with Crippen molar-refractivity contribution in [2.45, 2.75) is 49.7 Å². The molecule has 1 amide bonds. The van der Waals surface area contributed by atoms with E-state index in [0.29, 0.717) is 0 Å². The summed E-state index contributed by atoms with van der Waals surface area (Å²) in [4.78, 5) is 13.0. The van der Waals surface area contributed by atoms with Gasteiger partial charge in [0.25, 0.3) is 0 Å². The molecule has 2 rings (SSSR count). The van der Waals surface area contributed by atoms with E-state index < -0.39 is 0 Å². The molecule has 0 unspecified atom stereocenters. The predicted octanol–water partition coefficient (Wildman–Crippen LogP) is 3.81. The molecular formula is C14H19NOS. The fourth-order valence-electron chi connectivity index (χ4n) is 1.77. The molecule has 1 heterocycles. The van der Waals surface area contributed by atoms with Gasteiger partial charge in [-0.3, -0.25) is 4.79 Å². The SMILES string of the molecule is CC1(C)Sc2cc(C(C)(C)C)ccc2NC1=O. The van der Waals surface area contributed by atoms with Gasteiger partial charge in [-0.1, -0.05) is 26.8 Å². The van der Waals surface area contributed by atoms with Gasteiger partial charge in [-0.15, -0.1) is 11.8 Å². The second-order valence-electron chi connectivity index (χ2n) is 6.03. The highest BCUT2D eigenvalue weighted by Gasteiger charge is 2.34. The number of hydrogen-bond acceptors (Lipinski definition) is 2. The van der Waals surface area contributed by atoms with Crippen LogP contribution in [0.3, 0.4) is 0 Å². The van der Waals surface area contributed by atoms with E-state index in [1.54, 1.807) is 11.8 Å². The Morgan fingerprint density at radius 2 is 1.88 bits per heavy atom.